The van der Waals surface area contributed by atoms with Gasteiger partial charge in [0, 0.05) is 17.5 Å². The number of halogens is 1. The van der Waals surface area contributed by atoms with Gasteiger partial charge in [0.2, 0.25) is 0 Å². The van der Waals surface area contributed by atoms with E-state index >= 15 is 0 Å². The molecule has 0 aliphatic carbocycles. The fourth-order valence-corrected chi connectivity index (χ4v) is 1.87. The molecule has 108 valence electrons. The van der Waals surface area contributed by atoms with Crippen LogP contribution in [0.25, 0.3) is 0 Å². The van der Waals surface area contributed by atoms with Crippen LogP contribution in [-0.2, 0) is 6.42 Å². The molecule has 0 aliphatic heterocycles. The Morgan fingerprint density at radius 2 is 2.05 bits per heavy atom. The molecule has 2 N–H and O–H groups in total. The first kappa shape index (κ1) is 14.9. The van der Waals surface area contributed by atoms with E-state index in [1.165, 1.54) is 24.4 Å². The predicted molar refractivity (Wildman–Crippen MR) is 77.8 cm³/mol. The van der Waals surface area contributed by atoms with E-state index in [0.717, 1.165) is 0 Å². The highest BCUT2D eigenvalue weighted by atomic mass is 35.5. The molecule has 1 amide bonds. The van der Waals surface area contributed by atoms with Crippen molar-refractivity contribution in [3.05, 3.63) is 52.4 Å². The van der Waals surface area contributed by atoms with Crippen molar-refractivity contribution in [2.75, 3.05) is 5.32 Å². The summed E-state index contributed by atoms with van der Waals surface area (Å²) in [6, 6.07) is 5.89. The molecule has 0 spiro atoms. The Labute approximate surface area is 125 Å². The summed E-state index contributed by atoms with van der Waals surface area (Å²) in [6.07, 6.45) is 1.83. The topological polar surface area (TPSA) is 92.2 Å². The van der Waals surface area contributed by atoms with Crippen molar-refractivity contribution in [1.82, 2.24) is 9.97 Å². The molecule has 0 fully saturated rings. The lowest BCUT2D eigenvalue weighted by Gasteiger charge is -2.06. The van der Waals surface area contributed by atoms with Gasteiger partial charge in [0.25, 0.3) is 5.91 Å². The number of aromatic carboxylic acids is 1. The summed E-state index contributed by atoms with van der Waals surface area (Å²) in [4.78, 5) is 30.8. The first-order valence-electron chi connectivity index (χ1n) is 6.16. The van der Waals surface area contributed by atoms with Crippen molar-refractivity contribution in [1.29, 1.82) is 0 Å². The number of nitrogens with zero attached hydrogens (tertiary/aromatic N) is 2. The number of carboxylic acid groups (broad SMARTS) is 1. The van der Waals surface area contributed by atoms with E-state index in [2.05, 4.69) is 15.3 Å². The molecule has 0 aliphatic rings. The lowest BCUT2D eigenvalue weighted by Crippen LogP contribution is -2.14. The minimum Gasteiger partial charge on any atom is -0.478 e. The maximum Gasteiger partial charge on any atom is 0.337 e. The summed E-state index contributed by atoms with van der Waals surface area (Å²) in [6.45, 7) is 1.91. The first-order chi connectivity index (χ1) is 9.99. The Hall–Kier alpha value is -2.47. The van der Waals surface area contributed by atoms with E-state index in [1.807, 2.05) is 6.92 Å². The van der Waals surface area contributed by atoms with Crippen LogP contribution in [0.4, 0.5) is 5.82 Å². The van der Waals surface area contributed by atoms with Gasteiger partial charge in [-0.1, -0.05) is 18.5 Å². The summed E-state index contributed by atoms with van der Waals surface area (Å²) in [7, 11) is 0. The minimum atomic E-state index is -1.08. The molecule has 0 radical (unpaired) electrons. The largest absolute Gasteiger partial charge is 0.478 e. The third-order valence-electron chi connectivity index (χ3n) is 2.72. The second-order valence-electron chi connectivity index (χ2n) is 4.21. The molecular formula is C14H12ClN3O3. The van der Waals surface area contributed by atoms with Gasteiger partial charge in [-0.05, 0) is 30.7 Å². The Kier molecular flexibility index (Phi) is 4.49. The highest BCUT2D eigenvalue weighted by Crippen LogP contribution is 2.13. The zero-order chi connectivity index (χ0) is 15.4. The number of aryl methyl sites for hydroxylation is 1. The fraction of sp³-hybridized carbons (Fsp3) is 0.143. The Morgan fingerprint density at radius 3 is 2.62 bits per heavy atom. The molecule has 2 heterocycles. The molecule has 2 aromatic heterocycles. The number of amides is 1. The minimum absolute atomic E-state index is 0.0493. The maximum absolute atomic E-state index is 12.1. The van der Waals surface area contributed by atoms with Crippen molar-refractivity contribution in [2.45, 2.75) is 13.3 Å². The molecular weight excluding hydrogens is 294 g/mol. The van der Waals surface area contributed by atoms with Gasteiger partial charge in [0.15, 0.2) is 0 Å². The van der Waals surface area contributed by atoms with Gasteiger partial charge < -0.3 is 10.4 Å². The number of carboxylic acids is 1. The highest BCUT2D eigenvalue weighted by Gasteiger charge is 2.10. The lowest BCUT2D eigenvalue weighted by molar-refractivity contribution is 0.0696. The zero-order valence-corrected chi connectivity index (χ0v) is 11.9. The van der Waals surface area contributed by atoms with E-state index < -0.39 is 5.97 Å². The predicted octanol–water partition coefficient (Wildman–Crippen LogP) is 2.64. The average Bonchev–Trinajstić information content (AvgIpc) is 2.47. The smallest absolute Gasteiger partial charge is 0.337 e. The summed E-state index contributed by atoms with van der Waals surface area (Å²) < 4.78 is 0. The van der Waals surface area contributed by atoms with Gasteiger partial charge in [-0.2, -0.15) is 0 Å². The van der Waals surface area contributed by atoms with E-state index in [-0.39, 0.29) is 22.4 Å². The van der Waals surface area contributed by atoms with Crippen molar-refractivity contribution >= 4 is 29.3 Å². The second kappa shape index (κ2) is 6.32. The maximum atomic E-state index is 12.1. The average molecular weight is 306 g/mol. The zero-order valence-electron chi connectivity index (χ0n) is 11.1. The normalized spacial score (nSPS) is 10.2. The number of rotatable bonds is 4. The van der Waals surface area contributed by atoms with Crippen LogP contribution < -0.4 is 5.32 Å². The lowest BCUT2D eigenvalue weighted by atomic mass is 10.2. The molecule has 2 rings (SSSR count). The van der Waals surface area contributed by atoms with Crippen LogP contribution in [0, 0.1) is 0 Å². The Balaban J connectivity index is 2.17. The van der Waals surface area contributed by atoms with E-state index in [9.17, 15) is 9.59 Å². The summed E-state index contributed by atoms with van der Waals surface area (Å²) >= 11 is 5.86. The van der Waals surface area contributed by atoms with Gasteiger partial charge >= 0.3 is 5.97 Å². The SMILES string of the molecule is CCc1cc(C(=O)Nc2ccc(C(=O)O)cn2)cc(Cl)n1. The molecule has 0 saturated heterocycles. The summed E-state index contributed by atoms with van der Waals surface area (Å²) in [5.41, 5.74) is 1.13. The number of pyridine rings is 2. The van der Waals surface area contributed by atoms with Crippen LogP contribution in [0.3, 0.4) is 0 Å². The van der Waals surface area contributed by atoms with Gasteiger partial charge in [-0.3, -0.25) is 4.79 Å². The highest BCUT2D eigenvalue weighted by molar-refractivity contribution is 6.29. The standard InChI is InChI=1S/C14H12ClN3O3/c1-2-10-5-9(6-11(15)17-10)13(19)18-12-4-3-8(7-16-12)14(20)21/h3-7H,2H2,1H3,(H,20,21)(H,16,18,19). The fourth-order valence-electron chi connectivity index (χ4n) is 1.65. The number of carbonyl (C=O) groups is 2. The van der Waals surface area contributed by atoms with Gasteiger partial charge in [-0.15, -0.1) is 0 Å². The molecule has 2 aromatic rings. The second-order valence-corrected chi connectivity index (χ2v) is 4.60. The molecule has 0 saturated carbocycles. The molecule has 0 atom stereocenters. The number of hydrogen-bond donors (Lipinski definition) is 2. The summed E-state index contributed by atoms with van der Waals surface area (Å²) in [5, 5.41) is 11.6. The van der Waals surface area contributed by atoms with Crippen molar-refractivity contribution in [2.24, 2.45) is 0 Å². The van der Waals surface area contributed by atoms with Crippen molar-refractivity contribution in [3.63, 3.8) is 0 Å². The molecule has 0 unspecified atom stereocenters. The van der Waals surface area contributed by atoms with Crippen LogP contribution in [0.1, 0.15) is 33.3 Å². The third-order valence-corrected chi connectivity index (χ3v) is 2.92. The Bertz CT molecular complexity index is 686. The monoisotopic (exact) mass is 305 g/mol. The molecule has 21 heavy (non-hydrogen) atoms. The number of anilines is 1. The van der Waals surface area contributed by atoms with E-state index in [1.54, 1.807) is 6.07 Å². The van der Waals surface area contributed by atoms with Crippen LogP contribution in [0.15, 0.2) is 30.5 Å². The Morgan fingerprint density at radius 1 is 1.29 bits per heavy atom. The number of hydrogen-bond acceptors (Lipinski definition) is 4. The molecule has 0 aromatic carbocycles. The van der Waals surface area contributed by atoms with Crippen LogP contribution in [-0.4, -0.2) is 27.0 Å². The third kappa shape index (κ3) is 3.76. The number of aromatic nitrogens is 2. The van der Waals surface area contributed by atoms with Gasteiger partial charge in [-0.25, -0.2) is 14.8 Å². The van der Waals surface area contributed by atoms with Gasteiger partial charge in [0.1, 0.15) is 11.0 Å². The van der Waals surface area contributed by atoms with Crippen LogP contribution in [0.2, 0.25) is 5.15 Å². The van der Waals surface area contributed by atoms with Crippen molar-refractivity contribution < 1.29 is 14.7 Å². The van der Waals surface area contributed by atoms with Crippen LogP contribution >= 0.6 is 11.6 Å². The number of carbonyl (C=O) groups excluding carboxylic acids is 1. The van der Waals surface area contributed by atoms with Crippen LogP contribution in [0.5, 0.6) is 0 Å². The summed E-state index contributed by atoms with van der Waals surface area (Å²) in [5.74, 6) is -1.20. The molecule has 7 heteroatoms. The van der Waals surface area contributed by atoms with E-state index in [0.29, 0.717) is 17.7 Å². The quantitative estimate of drug-likeness (QED) is 0.847. The van der Waals surface area contributed by atoms with Crippen molar-refractivity contribution in [3.8, 4) is 0 Å². The molecule has 6 nitrogen and oxygen atoms in total. The molecule has 0 bridgehead atoms. The number of nitrogens with one attached hydrogen (secondary N) is 1. The first-order valence-corrected chi connectivity index (χ1v) is 6.54. The van der Waals surface area contributed by atoms with E-state index in [4.69, 9.17) is 16.7 Å². The van der Waals surface area contributed by atoms with Gasteiger partial charge in [0.05, 0.1) is 5.56 Å².